The molecule has 2 aromatic rings. The van der Waals surface area contributed by atoms with Crippen LogP contribution in [0.5, 0.6) is 5.75 Å². The molecule has 1 fully saturated rings. The van der Waals surface area contributed by atoms with Gasteiger partial charge in [-0.05, 0) is 26.0 Å². The lowest BCUT2D eigenvalue weighted by atomic mass is 9.96. The Bertz CT molecular complexity index is 706. The summed E-state index contributed by atoms with van der Waals surface area (Å²) in [6.07, 6.45) is 0. The van der Waals surface area contributed by atoms with Crippen molar-refractivity contribution in [2.24, 2.45) is 0 Å². The van der Waals surface area contributed by atoms with Gasteiger partial charge in [0.05, 0.1) is 5.60 Å². The third kappa shape index (κ3) is 4.80. The fraction of sp³-hybridized carbons (Fsp3) is 0.444. The molecule has 0 unspecified atom stereocenters. The highest BCUT2D eigenvalue weighted by Gasteiger charge is 2.36. The van der Waals surface area contributed by atoms with E-state index in [2.05, 4.69) is 15.4 Å². The average molecular weight is 345 g/mol. The van der Waals surface area contributed by atoms with E-state index < -0.39 is 5.60 Å². The van der Waals surface area contributed by atoms with E-state index in [1.165, 1.54) is 0 Å². The Hall–Kier alpha value is -2.38. The van der Waals surface area contributed by atoms with Gasteiger partial charge < -0.3 is 19.7 Å². The molecule has 1 amide bonds. The van der Waals surface area contributed by atoms with E-state index in [1.54, 1.807) is 13.0 Å². The summed E-state index contributed by atoms with van der Waals surface area (Å²) < 4.78 is 10.7. The lowest BCUT2D eigenvalue weighted by Gasteiger charge is -2.45. The lowest BCUT2D eigenvalue weighted by molar-refractivity contribution is -0.0849. The van der Waals surface area contributed by atoms with E-state index >= 15 is 0 Å². The van der Waals surface area contributed by atoms with Crippen LogP contribution in [0.15, 0.2) is 40.9 Å². The molecule has 0 bridgehead atoms. The van der Waals surface area contributed by atoms with Crippen LogP contribution in [0.4, 0.5) is 0 Å². The molecule has 1 saturated heterocycles. The van der Waals surface area contributed by atoms with Crippen molar-refractivity contribution in [3.05, 3.63) is 47.9 Å². The Kier molecular flexibility index (Phi) is 5.06. The Morgan fingerprint density at radius 1 is 1.44 bits per heavy atom. The molecule has 2 heterocycles. The number of hydrogen-bond acceptors (Lipinski definition) is 6. The highest BCUT2D eigenvalue weighted by atomic mass is 16.5. The molecule has 1 aliphatic rings. The molecule has 2 N–H and O–H groups in total. The SMILES string of the molecule is C[C@H](CN1CC(C)(O)C1)NC(=O)c1cc(COc2ccccc2)on1. The van der Waals surface area contributed by atoms with Gasteiger partial charge in [0.1, 0.15) is 12.4 Å². The number of amides is 1. The van der Waals surface area contributed by atoms with Crippen LogP contribution in [0.2, 0.25) is 0 Å². The topological polar surface area (TPSA) is 87.8 Å². The van der Waals surface area contributed by atoms with Gasteiger partial charge in [-0.2, -0.15) is 0 Å². The van der Waals surface area contributed by atoms with Crippen LogP contribution in [0.3, 0.4) is 0 Å². The summed E-state index contributed by atoms with van der Waals surface area (Å²) in [5, 5.41) is 16.4. The molecule has 0 spiro atoms. The summed E-state index contributed by atoms with van der Waals surface area (Å²) in [4.78, 5) is 14.3. The maximum atomic E-state index is 12.2. The van der Waals surface area contributed by atoms with Crippen molar-refractivity contribution < 1.29 is 19.2 Å². The first kappa shape index (κ1) is 17.4. The molecule has 7 nitrogen and oxygen atoms in total. The number of nitrogens with one attached hydrogen (secondary N) is 1. The zero-order valence-corrected chi connectivity index (χ0v) is 14.4. The predicted molar refractivity (Wildman–Crippen MR) is 91.3 cm³/mol. The van der Waals surface area contributed by atoms with Gasteiger partial charge in [0.2, 0.25) is 0 Å². The molecule has 1 atom stereocenters. The predicted octanol–water partition coefficient (Wildman–Crippen LogP) is 1.44. The maximum absolute atomic E-state index is 12.2. The number of benzene rings is 1. The fourth-order valence-electron chi connectivity index (χ4n) is 2.94. The zero-order chi connectivity index (χ0) is 17.9. The van der Waals surface area contributed by atoms with Crippen molar-refractivity contribution in [2.45, 2.75) is 32.1 Å². The number of carbonyl (C=O) groups is 1. The Labute approximate surface area is 146 Å². The molecular weight excluding hydrogens is 322 g/mol. The number of ether oxygens (including phenoxy) is 1. The van der Waals surface area contributed by atoms with Gasteiger partial charge in [-0.25, -0.2) is 0 Å². The van der Waals surface area contributed by atoms with Gasteiger partial charge in [-0.1, -0.05) is 23.4 Å². The molecule has 3 rings (SSSR count). The third-order valence-electron chi connectivity index (χ3n) is 3.95. The van der Waals surface area contributed by atoms with Crippen LogP contribution in [-0.2, 0) is 6.61 Å². The minimum Gasteiger partial charge on any atom is -0.486 e. The smallest absolute Gasteiger partial charge is 0.273 e. The highest BCUT2D eigenvalue weighted by Crippen LogP contribution is 2.19. The van der Waals surface area contributed by atoms with E-state index in [4.69, 9.17) is 9.26 Å². The summed E-state index contributed by atoms with van der Waals surface area (Å²) in [5.41, 5.74) is -0.377. The molecular formula is C18H23N3O4. The minimum atomic E-state index is -0.608. The monoisotopic (exact) mass is 345 g/mol. The summed E-state index contributed by atoms with van der Waals surface area (Å²) in [5.74, 6) is 0.930. The van der Waals surface area contributed by atoms with Crippen molar-refractivity contribution >= 4 is 5.91 Å². The molecule has 1 aliphatic heterocycles. The Morgan fingerprint density at radius 2 is 2.16 bits per heavy atom. The molecule has 25 heavy (non-hydrogen) atoms. The molecule has 7 heteroatoms. The number of nitrogens with zero attached hydrogens (tertiary/aromatic N) is 2. The van der Waals surface area contributed by atoms with Crippen molar-refractivity contribution in [1.82, 2.24) is 15.4 Å². The number of likely N-dealkylation sites (tertiary alicyclic amines) is 1. The quantitative estimate of drug-likeness (QED) is 0.789. The number of rotatable bonds is 7. The van der Waals surface area contributed by atoms with E-state index in [9.17, 15) is 9.90 Å². The summed E-state index contributed by atoms with van der Waals surface area (Å²) in [7, 11) is 0. The van der Waals surface area contributed by atoms with Gasteiger partial charge in [-0.15, -0.1) is 0 Å². The number of aliphatic hydroxyl groups is 1. The molecule has 0 aliphatic carbocycles. The molecule has 1 aromatic heterocycles. The van der Waals surface area contributed by atoms with E-state index in [0.717, 1.165) is 5.75 Å². The minimum absolute atomic E-state index is 0.0516. The first-order chi connectivity index (χ1) is 11.9. The average Bonchev–Trinajstić information content (AvgIpc) is 3.01. The summed E-state index contributed by atoms with van der Waals surface area (Å²) in [6, 6.07) is 10.9. The Balaban J connectivity index is 1.45. The first-order valence-electron chi connectivity index (χ1n) is 8.30. The molecule has 0 saturated carbocycles. The van der Waals surface area contributed by atoms with E-state index in [1.807, 2.05) is 37.3 Å². The van der Waals surface area contributed by atoms with E-state index in [-0.39, 0.29) is 24.2 Å². The second-order valence-electron chi connectivity index (χ2n) is 6.82. The number of aromatic nitrogens is 1. The van der Waals surface area contributed by atoms with Gasteiger partial charge >= 0.3 is 0 Å². The third-order valence-corrected chi connectivity index (χ3v) is 3.95. The van der Waals surface area contributed by atoms with Crippen LogP contribution in [0.1, 0.15) is 30.1 Å². The second-order valence-corrected chi connectivity index (χ2v) is 6.82. The molecule has 0 radical (unpaired) electrons. The zero-order valence-electron chi connectivity index (χ0n) is 14.4. The number of para-hydroxylation sites is 1. The van der Waals surface area contributed by atoms with Crippen LogP contribution in [0.25, 0.3) is 0 Å². The van der Waals surface area contributed by atoms with Crippen molar-refractivity contribution in [1.29, 1.82) is 0 Å². The first-order valence-corrected chi connectivity index (χ1v) is 8.30. The van der Waals surface area contributed by atoms with Crippen molar-refractivity contribution in [3.63, 3.8) is 0 Å². The van der Waals surface area contributed by atoms with Crippen LogP contribution >= 0.6 is 0 Å². The largest absolute Gasteiger partial charge is 0.486 e. The summed E-state index contributed by atoms with van der Waals surface area (Å²) >= 11 is 0. The van der Waals surface area contributed by atoms with Crippen LogP contribution < -0.4 is 10.1 Å². The Morgan fingerprint density at radius 3 is 2.84 bits per heavy atom. The lowest BCUT2D eigenvalue weighted by Crippen LogP contribution is -2.62. The number of carbonyl (C=O) groups excluding carboxylic acids is 1. The number of β-amino-alcohol motifs (C(OH)–C–C–N with tert-alkyl or cyclic N) is 1. The maximum Gasteiger partial charge on any atom is 0.273 e. The highest BCUT2D eigenvalue weighted by molar-refractivity contribution is 5.92. The van der Waals surface area contributed by atoms with Crippen molar-refractivity contribution in [2.75, 3.05) is 19.6 Å². The van der Waals surface area contributed by atoms with Gasteiger partial charge in [0.25, 0.3) is 5.91 Å². The second kappa shape index (κ2) is 7.25. The van der Waals surface area contributed by atoms with Crippen LogP contribution in [-0.4, -0.2) is 52.3 Å². The van der Waals surface area contributed by atoms with Crippen molar-refractivity contribution in [3.8, 4) is 5.75 Å². The molecule has 134 valence electrons. The van der Waals surface area contributed by atoms with Gasteiger partial charge in [0, 0.05) is 31.7 Å². The van der Waals surface area contributed by atoms with Gasteiger partial charge in [0.15, 0.2) is 11.5 Å². The van der Waals surface area contributed by atoms with E-state index in [0.29, 0.717) is 25.4 Å². The molecule has 1 aromatic carbocycles. The fourth-order valence-corrected chi connectivity index (χ4v) is 2.94. The normalized spacial score (nSPS) is 17.6. The van der Waals surface area contributed by atoms with Crippen LogP contribution in [0, 0.1) is 0 Å². The summed E-state index contributed by atoms with van der Waals surface area (Å²) in [6.45, 7) is 5.87. The number of hydrogen-bond donors (Lipinski definition) is 2. The van der Waals surface area contributed by atoms with Gasteiger partial charge in [-0.3, -0.25) is 9.69 Å². The standard InChI is InChI=1S/C18H23N3O4/c1-13(9-21-11-18(2,23)12-21)19-17(22)16-8-15(25-20-16)10-24-14-6-4-3-5-7-14/h3-8,13,23H,9-12H2,1-2H3,(H,19,22)/t13-/m1/s1.